The first-order valence-corrected chi connectivity index (χ1v) is 10.2. The summed E-state index contributed by atoms with van der Waals surface area (Å²) in [6.07, 6.45) is 4.87. The SMILES string of the molecule is CC(C)c1ncc2c(n1)CCN(Cc1ccc(-c3cccc(Cl)c3Cl)nc1)C2. The molecule has 3 heterocycles. The summed E-state index contributed by atoms with van der Waals surface area (Å²) in [6.45, 7) is 6.97. The van der Waals surface area contributed by atoms with E-state index in [9.17, 15) is 0 Å². The molecule has 1 aliphatic rings. The van der Waals surface area contributed by atoms with E-state index in [4.69, 9.17) is 28.2 Å². The monoisotopic (exact) mass is 412 g/mol. The fourth-order valence-electron chi connectivity index (χ4n) is 3.44. The molecular formula is C22H22Cl2N4. The molecule has 144 valence electrons. The second-order valence-electron chi connectivity index (χ2n) is 7.47. The van der Waals surface area contributed by atoms with Crippen LogP contribution in [0.3, 0.4) is 0 Å². The van der Waals surface area contributed by atoms with Crippen molar-refractivity contribution in [1.29, 1.82) is 0 Å². The van der Waals surface area contributed by atoms with Crippen LogP contribution in [0.15, 0.2) is 42.7 Å². The smallest absolute Gasteiger partial charge is 0.131 e. The molecule has 1 aliphatic heterocycles. The van der Waals surface area contributed by atoms with Crippen LogP contribution in [0.2, 0.25) is 10.0 Å². The highest BCUT2D eigenvalue weighted by atomic mass is 35.5. The molecule has 0 unspecified atom stereocenters. The topological polar surface area (TPSA) is 41.9 Å². The van der Waals surface area contributed by atoms with E-state index in [2.05, 4.69) is 34.8 Å². The zero-order valence-corrected chi connectivity index (χ0v) is 17.5. The van der Waals surface area contributed by atoms with E-state index in [1.165, 1.54) is 16.8 Å². The standard InChI is InChI=1S/C22H22Cl2N4/c1-14(2)22-26-11-16-13-28(9-8-19(16)27-22)12-15-6-7-20(25-10-15)17-4-3-5-18(23)21(17)24/h3-7,10-11,14H,8-9,12-13H2,1-2H3. The third-order valence-corrected chi connectivity index (χ3v) is 5.83. The number of fused-ring (bicyclic) bond motifs is 1. The molecule has 6 heteroatoms. The van der Waals surface area contributed by atoms with Gasteiger partial charge < -0.3 is 0 Å². The van der Waals surface area contributed by atoms with Gasteiger partial charge in [0.1, 0.15) is 5.82 Å². The zero-order chi connectivity index (χ0) is 19.7. The molecule has 0 fully saturated rings. The Morgan fingerprint density at radius 2 is 1.93 bits per heavy atom. The molecule has 0 aliphatic carbocycles. The van der Waals surface area contributed by atoms with Gasteiger partial charge in [-0.15, -0.1) is 0 Å². The minimum Gasteiger partial charge on any atom is -0.294 e. The minimum absolute atomic E-state index is 0.362. The van der Waals surface area contributed by atoms with Crippen molar-refractivity contribution in [1.82, 2.24) is 19.9 Å². The summed E-state index contributed by atoms with van der Waals surface area (Å²) in [5.74, 6) is 1.30. The second-order valence-corrected chi connectivity index (χ2v) is 8.25. The van der Waals surface area contributed by atoms with Gasteiger partial charge in [-0.25, -0.2) is 9.97 Å². The Bertz CT molecular complexity index is 986. The average Bonchev–Trinajstić information content (AvgIpc) is 2.70. The van der Waals surface area contributed by atoms with E-state index in [1.54, 1.807) is 6.07 Å². The van der Waals surface area contributed by atoms with Crippen LogP contribution in [0.1, 0.15) is 42.4 Å². The number of pyridine rings is 1. The van der Waals surface area contributed by atoms with E-state index in [1.807, 2.05) is 30.6 Å². The number of rotatable bonds is 4. The van der Waals surface area contributed by atoms with Gasteiger partial charge in [0.25, 0.3) is 0 Å². The fraction of sp³-hybridized carbons (Fsp3) is 0.318. The Labute approximate surface area is 175 Å². The molecule has 3 aromatic rings. The molecule has 0 atom stereocenters. The first-order valence-electron chi connectivity index (χ1n) is 9.47. The Morgan fingerprint density at radius 1 is 1.07 bits per heavy atom. The maximum Gasteiger partial charge on any atom is 0.131 e. The van der Waals surface area contributed by atoms with Crippen molar-refractivity contribution in [3.8, 4) is 11.3 Å². The van der Waals surface area contributed by atoms with Gasteiger partial charge >= 0.3 is 0 Å². The lowest BCUT2D eigenvalue weighted by molar-refractivity contribution is 0.242. The van der Waals surface area contributed by atoms with Crippen LogP contribution < -0.4 is 0 Å². The number of aromatic nitrogens is 3. The molecule has 0 radical (unpaired) electrons. The first-order chi connectivity index (χ1) is 13.5. The van der Waals surface area contributed by atoms with E-state index < -0.39 is 0 Å². The Balaban J connectivity index is 1.46. The maximum atomic E-state index is 6.31. The van der Waals surface area contributed by atoms with E-state index >= 15 is 0 Å². The Kier molecular flexibility index (Phi) is 5.63. The van der Waals surface area contributed by atoms with Crippen LogP contribution in [0.5, 0.6) is 0 Å². The third kappa shape index (κ3) is 4.04. The Morgan fingerprint density at radius 3 is 2.68 bits per heavy atom. The second kappa shape index (κ2) is 8.16. The summed E-state index contributed by atoms with van der Waals surface area (Å²) in [5, 5.41) is 1.08. The zero-order valence-electron chi connectivity index (χ0n) is 16.0. The van der Waals surface area contributed by atoms with Crippen molar-refractivity contribution in [3.63, 3.8) is 0 Å². The van der Waals surface area contributed by atoms with Crippen LogP contribution >= 0.6 is 23.2 Å². The highest BCUT2D eigenvalue weighted by Gasteiger charge is 2.19. The predicted octanol–water partition coefficient (Wildman–Crippen LogP) is 5.53. The molecule has 0 N–H and O–H groups in total. The van der Waals surface area contributed by atoms with Crippen LogP contribution in [0.25, 0.3) is 11.3 Å². The van der Waals surface area contributed by atoms with Gasteiger partial charge in [-0.05, 0) is 17.7 Å². The van der Waals surface area contributed by atoms with Crippen LogP contribution in [0.4, 0.5) is 0 Å². The number of halogens is 2. The minimum atomic E-state index is 0.362. The molecule has 0 amide bonds. The lowest BCUT2D eigenvalue weighted by Crippen LogP contribution is -2.31. The number of nitrogens with zero attached hydrogens (tertiary/aromatic N) is 4. The summed E-state index contributed by atoms with van der Waals surface area (Å²) >= 11 is 12.4. The van der Waals surface area contributed by atoms with Gasteiger partial charge in [-0.3, -0.25) is 9.88 Å². The quantitative estimate of drug-likeness (QED) is 0.564. The van der Waals surface area contributed by atoms with Crippen molar-refractivity contribution in [2.24, 2.45) is 0 Å². The normalized spacial score (nSPS) is 14.3. The number of hydrogen-bond acceptors (Lipinski definition) is 4. The molecule has 0 bridgehead atoms. The van der Waals surface area contributed by atoms with Crippen LogP contribution in [-0.2, 0) is 19.5 Å². The number of hydrogen-bond donors (Lipinski definition) is 0. The molecule has 28 heavy (non-hydrogen) atoms. The van der Waals surface area contributed by atoms with E-state index in [0.717, 1.165) is 43.1 Å². The molecule has 2 aromatic heterocycles. The van der Waals surface area contributed by atoms with Crippen LogP contribution in [0, 0.1) is 0 Å². The summed E-state index contributed by atoms with van der Waals surface area (Å²) in [5.41, 5.74) is 5.27. The summed E-state index contributed by atoms with van der Waals surface area (Å²) < 4.78 is 0. The lowest BCUT2D eigenvalue weighted by atomic mass is 10.1. The molecule has 0 saturated heterocycles. The predicted molar refractivity (Wildman–Crippen MR) is 114 cm³/mol. The molecule has 0 saturated carbocycles. The first kappa shape index (κ1) is 19.3. The average molecular weight is 413 g/mol. The van der Waals surface area contributed by atoms with Crippen molar-refractivity contribution in [2.45, 2.75) is 39.3 Å². The van der Waals surface area contributed by atoms with Crippen molar-refractivity contribution < 1.29 is 0 Å². The molecule has 4 rings (SSSR count). The largest absolute Gasteiger partial charge is 0.294 e. The highest BCUT2D eigenvalue weighted by Crippen LogP contribution is 2.32. The molecule has 4 nitrogen and oxygen atoms in total. The van der Waals surface area contributed by atoms with Crippen LogP contribution in [-0.4, -0.2) is 26.4 Å². The van der Waals surface area contributed by atoms with Crippen molar-refractivity contribution in [2.75, 3.05) is 6.54 Å². The molecular weight excluding hydrogens is 391 g/mol. The van der Waals surface area contributed by atoms with Gasteiger partial charge in [0.2, 0.25) is 0 Å². The third-order valence-electron chi connectivity index (χ3n) is 5.01. The molecule has 0 spiro atoms. The van der Waals surface area contributed by atoms with Gasteiger partial charge in [-0.2, -0.15) is 0 Å². The summed E-state index contributed by atoms with van der Waals surface area (Å²) in [6, 6.07) is 9.71. The van der Waals surface area contributed by atoms with Crippen molar-refractivity contribution in [3.05, 3.63) is 75.4 Å². The van der Waals surface area contributed by atoms with Gasteiger partial charge in [0.15, 0.2) is 0 Å². The molecule has 1 aromatic carbocycles. The van der Waals surface area contributed by atoms with E-state index in [-0.39, 0.29) is 0 Å². The van der Waals surface area contributed by atoms with Gasteiger partial charge in [0.05, 0.1) is 15.7 Å². The lowest BCUT2D eigenvalue weighted by Gasteiger charge is -2.28. The maximum absolute atomic E-state index is 6.31. The van der Waals surface area contributed by atoms with E-state index in [0.29, 0.717) is 16.0 Å². The summed E-state index contributed by atoms with van der Waals surface area (Å²) in [4.78, 5) is 16.3. The highest BCUT2D eigenvalue weighted by molar-refractivity contribution is 6.43. The van der Waals surface area contributed by atoms with Gasteiger partial charge in [0, 0.05) is 61.2 Å². The Hall–Kier alpha value is -2.01. The van der Waals surface area contributed by atoms with Crippen molar-refractivity contribution >= 4 is 23.2 Å². The fourth-order valence-corrected chi connectivity index (χ4v) is 3.84. The summed E-state index contributed by atoms with van der Waals surface area (Å²) in [7, 11) is 0. The van der Waals surface area contributed by atoms with Gasteiger partial charge in [-0.1, -0.05) is 55.2 Å². The number of benzene rings is 1.